The molecule has 0 radical (unpaired) electrons. The van der Waals surface area contributed by atoms with Gasteiger partial charge in [0.05, 0.1) is 12.6 Å². The molecule has 1 aromatic carbocycles. The Morgan fingerprint density at radius 2 is 1.85 bits per heavy atom. The Balaban J connectivity index is 0.00000109. The third kappa shape index (κ3) is 4.37. The number of pyridine rings is 1. The van der Waals surface area contributed by atoms with Gasteiger partial charge in [-0.15, -0.1) is 5.10 Å². The van der Waals surface area contributed by atoms with Crippen molar-refractivity contribution in [3.8, 4) is 0 Å². The van der Waals surface area contributed by atoms with Gasteiger partial charge in [0, 0.05) is 39.9 Å². The number of aromatic nitrogens is 5. The highest BCUT2D eigenvalue weighted by Crippen LogP contribution is 2.27. The minimum Gasteiger partial charge on any atom is -0.304 e. The van der Waals surface area contributed by atoms with E-state index in [9.17, 15) is 0 Å². The van der Waals surface area contributed by atoms with Gasteiger partial charge in [0.15, 0.2) is 5.82 Å². The summed E-state index contributed by atoms with van der Waals surface area (Å²) in [5.74, 6) is 0.867. The van der Waals surface area contributed by atoms with Gasteiger partial charge in [-0.25, -0.2) is 4.68 Å². The van der Waals surface area contributed by atoms with Gasteiger partial charge in [0.1, 0.15) is 0 Å². The van der Waals surface area contributed by atoms with Crippen LogP contribution in [0.15, 0.2) is 54.9 Å². The molecule has 142 valence electrons. The van der Waals surface area contributed by atoms with Crippen molar-refractivity contribution in [1.29, 1.82) is 0 Å². The van der Waals surface area contributed by atoms with E-state index >= 15 is 0 Å². The summed E-state index contributed by atoms with van der Waals surface area (Å²) in [5.41, 5.74) is 2.31. The topological polar surface area (TPSA) is 63.0 Å². The largest absolute Gasteiger partial charge is 0.304 e. The van der Waals surface area contributed by atoms with Crippen LogP contribution in [-0.4, -0.2) is 68.2 Å². The van der Waals surface area contributed by atoms with E-state index in [0.717, 1.165) is 37.6 Å². The number of tetrazole rings is 1. The quantitative estimate of drug-likeness (QED) is 0.689. The number of benzene rings is 1. The monoisotopic (exact) mass is 366 g/mol. The Labute approximate surface area is 162 Å². The summed E-state index contributed by atoms with van der Waals surface area (Å²) in [5, 5.41) is 12.6. The minimum absolute atomic E-state index is 0.0103. The van der Waals surface area contributed by atoms with E-state index in [4.69, 9.17) is 1.37 Å². The maximum absolute atomic E-state index is 5.75. The Hall–Kier alpha value is -2.64. The SMILES string of the molecule is CN1CCN(C(c2cccnc2)c2nnnn2Cc2ccccc2)CC1.[2H]C. The molecule has 4 rings (SSSR count). The van der Waals surface area contributed by atoms with Crippen LogP contribution >= 0.6 is 0 Å². The Kier molecular flexibility index (Phi) is 5.81. The smallest absolute Gasteiger partial charge is 0.173 e. The van der Waals surface area contributed by atoms with E-state index in [-0.39, 0.29) is 6.04 Å². The predicted molar refractivity (Wildman–Crippen MR) is 105 cm³/mol. The predicted octanol–water partition coefficient (Wildman–Crippen LogP) is 2.09. The lowest BCUT2D eigenvalue weighted by Crippen LogP contribution is -2.46. The van der Waals surface area contributed by atoms with Gasteiger partial charge in [-0.05, 0) is 34.7 Å². The summed E-state index contributed by atoms with van der Waals surface area (Å²) >= 11 is 0. The van der Waals surface area contributed by atoms with Gasteiger partial charge in [-0.2, -0.15) is 0 Å². The van der Waals surface area contributed by atoms with Crippen LogP contribution in [0.1, 0.15) is 31.8 Å². The van der Waals surface area contributed by atoms with Gasteiger partial charge in [-0.3, -0.25) is 9.88 Å². The van der Waals surface area contributed by atoms with E-state index in [1.54, 1.807) is 6.20 Å². The average Bonchev–Trinajstić information content (AvgIpc) is 3.20. The van der Waals surface area contributed by atoms with Crippen molar-refractivity contribution in [2.24, 2.45) is 0 Å². The molecule has 2 aromatic heterocycles. The molecule has 0 bridgehead atoms. The number of hydrogen-bond acceptors (Lipinski definition) is 6. The molecule has 27 heavy (non-hydrogen) atoms. The number of rotatable bonds is 5. The molecular weight excluding hydrogens is 338 g/mol. The minimum atomic E-state index is 0.0103. The normalized spacial score (nSPS) is 16.9. The molecule has 1 aliphatic rings. The summed E-state index contributed by atoms with van der Waals surface area (Å²) < 4.78 is 7.66. The summed E-state index contributed by atoms with van der Waals surface area (Å²) in [6.07, 6.45) is 3.72. The van der Waals surface area contributed by atoms with E-state index < -0.39 is 0 Å². The molecule has 7 nitrogen and oxygen atoms in total. The van der Waals surface area contributed by atoms with Crippen LogP contribution < -0.4 is 0 Å². The molecule has 3 heterocycles. The van der Waals surface area contributed by atoms with Crippen molar-refractivity contribution in [2.45, 2.75) is 20.0 Å². The fourth-order valence-electron chi connectivity index (χ4n) is 3.42. The van der Waals surface area contributed by atoms with Crippen LogP contribution in [0.25, 0.3) is 0 Å². The molecule has 7 heteroatoms. The van der Waals surface area contributed by atoms with Crippen LogP contribution in [0.3, 0.4) is 0 Å². The van der Waals surface area contributed by atoms with Gasteiger partial charge >= 0.3 is 0 Å². The van der Waals surface area contributed by atoms with E-state index in [1.807, 2.05) is 35.1 Å². The molecule has 0 saturated carbocycles. The van der Waals surface area contributed by atoms with Crippen molar-refractivity contribution in [3.63, 3.8) is 0 Å². The summed E-state index contributed by atoms with van der Waals surface area (Å²) in [4.78, 5) is 9.12. The highest BCUT2D eigenvalue weighted by Gasteiger charge is 2.30. The number of hydrogen-bond donors (Lipinski definition) is 0. The lowest BCUT2D eigenvalue weighted by Gasteiger charge is -2.37. The van der Waals surface area contributed by atoms with Crippen LogP contribution in [0.2, 0.25) is 0 Å². The average molecular weight is 366 g/mol. The number of piperazine rings is 1. The zero-order valence-electron chi connectivity index (χ0n) is 16.9. The molecular formula is C20H27N7. The molecule has 0 spiro atoms. The van der Waals surface area contributed by atoms with Crippen LogP contribution in [0.5, 0.6) is 0 Å². The summed E-state index contributed by atoms with van der Waals surface area (Å²) in [6, 6.07) is 14.4. The Bertz CT molecular complexity index is 817. The van der Waals surface area contributed by atoms with Gasteiger partial charge < -0.3 is 4.90 Å². The van der Waals surface area contributed by atoms with Gasteiger partial charge in [-0.1, -0.05) is 43.8 Å². The lowest BCUT2D eigenvalue weighted by atomic mass is 10.1. The molecule has 1 saturated heterocycles. The van der Waals surface area contributed by atoms with Crippen molar-refractivity contribution < 1.29 is 1.37 Å². The van der Waals surface area contributed by atoms with Crippen LogP contribution in [-0.2, 0) is 6.54 Å². The van der Waals surface area contributed by atoms with Crippen LogP contribution in [0.4, 0.5) is 0 Å². The zero-order valence-corrected chi connectivity index (χ0v) is 15.9. The van der Waals surface area contributed by atoms with E-state index in [1.165, 1.54) is 13.0 Å². The van der Waals surface area contributed by atoms with Crippen molar-refractivity contribution in [2.75, 3.05) is 33.2 Å². The first-order valence-electron chi connectivity index (χ1n) is 9.94. The molecule has 1 atom stereocenters. The Morgan fingerprint density at radius 1 is 1.07 bits per heavy atom. The molecule has 1 aliphatic heterocycles. The highest BCUT2D eigenvalue weighted by atomic mass is 15.6. The second kappa shape index (κ2) is 8.83. The highest BCUT2D eigenvalue weighted by molar-refractivity contribution is 5.23. The van der Waals surface area contributed by atoms with E-state index in [2.05, 4.69) is 55.6 Å². The molecule has 0 amide bonds. The fourth-order valence-corrected chi connectivity index (χ4v) is 3.42. The maximum atomic E-state index is 5.75. The third-order valence-corrected chi connectivity index (χ3v) is 4.88. The fraction of sp³-hybridized carbons (Fsp3) is 0.400. The van der Waals surface area contributed by atoms with Gasteiger partial charge in [0.25, 0.3) is 0 Å². The molecule has 0 aliphatic carbocycles. The third-order valence-electron chi connectivity index (χ3n) is 4.88. The summed E-state index contributed by atoms with van der Waals surface area (Å²) in [7, 11) is 3.41. The lowest BCUT2D eigenvalue weighted by molar-refractivity contribution is 0.121. The first kappa shape index (κ1) is 17.8. The molecule has 3 aromatic rings. The number of nitrogens with zero attached hydrogens (tertiary/aromatic N) is 7. The second-order valence-corrected chi connectivity index (χ2v) is 6.71. The summed E-state index contributed by atoms with van der Waals surface area (Å²) in [6.45, 7) is 4.70. The molecule has 1 unspecified atom stereocenters. The second-order valence-electron chi connectivity index (χ2n) is 6.71. The molecule has 0 N–H and O–H groups in total. The van der Waals surface area contributed by atoms with Crippen molar-refractivity contribution in [3.05, 3.63) is 71.8 Å². The first-order valence-corrected chi connectivity index (χ1v) is 8.94. The van der Waals surface area contributed by atoms with Crippen molar-refractivity contribution in [1.82, 2.24) is 35.0 Å². The van der Waals surface area contributed by atoms with Crippen molar-refractivity contribution >= 4 is 0 Å². The van der Waals surface area contributed by atoms with Gasteiger partial charge in [0.2, 0.25) is 0 Å². The molecule has 1 fully saturated rings. The van der Waals surface area contributed by atoms with Crippen LogP contribution in [0, 0.1) is 0 Å². The standard InChI is InChI=1S/C19H23N7.CH4/c1-24-10-12-25(13-11-24)18(17-8-5-9-20-14-17)19-21-22-23-26(19)15-16-6-3-2-4-7-16;/h2-9,14,18H,10-13,15H2,1H3;1H4/i;1D. The Morgan fingerprint density at radius 3 is 2.56 bits per heavy atom. The number of likely N-dealkylation sites (N-methyl/N-ethyl adjacent to an activating group) is 1. The zero-order chi connectivity index (χ0) is 19.8. The van der Waals surface area contributed by atoms with E-state index in [0.29, 0.717) is 6.54 Å². The maximum Gasteiger partial charge on any atom is 0.173 e. The first-order chi connectivity index (χ1) is 13.8.